The van der Waals surface area contributed by atoms with Gasteiger partial charge in [0.2, 0.25) is 0 Å². The molecule has 1 heterocycles. The Morgan fingerprint density at radius 3 is 2.32 bits per heavy atom. The number of benzene rings is 2. The van der Waals surface area contributed by atoms with Gasteiger partial charge in [0.25, 0.3) is 0 Å². The van der Waals surface area contributed by atoms with E-state index in [0.717, 1.165) is 5.56 Å². The summed E-state index contributed by atoms with van der Waals surface area (Å²) in [6.07, 6.45) is -0.883. The summed E-state index contributed by atoms with van der Waals surface area (Å²) in [5, 5.41) is 0. The molecular weight excluding hydrogens is 420 g/mol. The van der Waals surface area contributed by atoms with E-state index in [1.807, 2.05) is 6.07 Å². The maximum atomic E-state index is 12.9. The highest BCUT2D eigenvalue weighted by atomic mass is 32.2. The smallest absolute Gasteiger partial charge is 0.338 e. The molecule has 0 radical (unpaired) electrons. The molecular formula is C23H26O7S. The minimum absolute atomic E-state index is 0.00289. The molecule has 1 saturated heterocycles. The maximum Gasteiger partial charge on any atom is 0.338 e. The van der Waals surface area contributed by atoms with Gasteiger partial charge in [-0.1, -0.05) is 30.3 Å². The zero-order chi connectivity index (χ0) is 22.4. The molecule has 0 bridgehead atoms. The molecule has 0 N–H and O–H groups in total. The second-order valence-corrected chi connectivity index (χ2v) is 9.08. The molecule has 3 unspecified atom stereocenters. The Bertz CT molecular complexity index is 883. The molecule has 3 rings (SSSR count). The highest BCUT2D eigenvalue weighted by Crippen LogP contribution is 2.30. The van der Waals surface area contributed by atoms with Crippen LogP contribution in [0.1, 0.15) is 29.8 Å². The number of methoxy groups -OCH3 is 1. The first-order chi connectivity index (χ1) is 14.8. The van der Waals surface area contributed by atoms with Crippen molar-refractivity contribution >= 4 is 23.1 Å². The number of carbonyl (C=O) groups is 2. The number of hydrogen-bond donors (Lipinski definition) is 0. The minimum atomic E-state index is -1.36. The highest BCUT2D eigenvalue weighted by Gasteiger charge is 2.44. The van der Waals surface area contributed by atoms with Crippen LogP contribution in [-0.2, 0) is 41.3 Å². The topological polar surface area (TPSA) is 94.1 Å². The third kappa shape index (κ3) is 6.54. The van der Waals surface area contributed by atoms with Crippen LogP contribution in [0.3, 0.4) is 0 Å². The monoisotopic (exact) mass is 446 g/mol. The fourth-order valence-corrected chi connectivity index (χ4v) is 4.46. The van der Waals surface area contributed by atoms with Crippen LogP contribution in [0.2, 0.25) is 0 Å². The van der Waals surface area contributed by atoms with Crippen LogP contribution >= 0.6 is 0 Å². The van der Waals surface area contributed by atoms with Crippen LogP contribution in [0.15, 0.2) is 59.5 Å². The van der Waals surface area contributed by atoms with Crippen molar-refractivity contribution in [3.05, 3.63) is 65.7 Å². The molecule has 8 heteroatoms. The Morgan fingerprint density at radius 2 is 1.68 bits per heavy atom. The summed E-state index contributed by atoms with van der Waals surface area (Å²) in [5.41, 5.74) is 1.23. The fraction of sp³-hybridized carbons (Fsp3) is 0.391. The van der Waals surface area contributed by atoms with Gasteiger partial charge >= 0.3 is 11.9 Å². The van der Waals surface area contributed by atoms with Gasteiger partial charge in [-0.3, -0.25) is 4.79 Å². The Kier molecular flexibility index (Phi) is 7.72. The van der Waals surface area contributed by atoms with Crippen LogP contribution in [0.5, 0.6) is 0 Å². The van der Waals surface area contributed by atoms with Crippen LogP contribution in [0.4, 0.5) is 0 Å². The van der Waals surface area contributed by atoms with Crippen molar-refractivity contribution < 1.29 is 33.1 Å². The van der Waals surface area contributed by atoms with Crippen LogP contribution in [0.25, 0.3) is 0 Å². The number of hydrogen-bond acceptors (Lipinski definition) is 7. The van der Waals surface area contributed by atoms with Gasteiger partial charge in [0.05, 0.1) is 19.1 Å². The summed E-state index contributed by atoms with van der Waals surface area (Å²) in [6, 6.07) is 15.6. The quantitative estimate of drug-likeness (QED) is 0.455. The zero-order valence-electron chi connectivity index (χ0n) is 17.7. The lowest BCUT2D eigenvalue weighted by Gasteiger charge is -2.19. The summed E-state index contributed by atoms with van der Waals surface area (Å²) in [5.74, 6) is -1.47. The molecule has 0 saturated carbocycles. The zero-order valence-corrected chi connectivity index (χ0v) is 18.6. The second-order valence-electron chi connectivity index (χ2n) is 7.59. The lowest BCUT2D eigenvalue weighted by Crippen LogP contribution is -2.34. The van der Waals surface area contributed by atoms with Gasteiger partial charge < -0.3 is 23.5 Å². The van der Waals surface area contributed by atoms with Crippen molar-refractivity contribution in [2.24, 2.45) is 0 Å². The first-order valence-corrected chi connectivity index (χ1v) is 11.2. The number of esters is 2. The van der Waals surface area contributed by atoms with E-state index in [4.69, 9.17) is 14.2 Å². The van der Waals surface area contributed by atoms with E-state index in [1.54, 1.807) is 62.4 Å². The third-order valence-corrected chi connectivity index (χ3v) is 6.18. The standard InChI is InChI=1S/C23H26O7S/c1-23(2)29-19(14-28-22(25)17-7-5-4-6-8-17)20(30-23)15-31(26)18-11-9-16(10-12-18)13-21(24)27-3/h4-12,19-20H,13-15H2,1-3H3. The van der Waals surface area contributed by atoms with E-state index in [9.17, 15) is 14.1 Å². The lowest BCUT2D eigenvalue weighted by atomic mass is 10.2. The van der Waals surface area contributed by atoms with Crippen LogP contribution in [-0.4, -0.2) is 54.0 Å². The van der Waals surface area contributed by atoms with Gasteiger partial charge in [-0.15, -0.1) is 0 Å². The van der Waals surface area contributed by atoms with E-state index >= 15 is 0 Å². The molecule has 2 aromatic carbocycles. The van der Waals surface area contributed by atoms with E-state index in [-0.39, 0.29) is 24.7 Å². The molecule has 2 aromatic rings. The summed E-state index contributed by atoms with van der Waals surface area (Å²) in [6.45, 7) is 3.53. The molecule has 31 heavy (non-hydrogen) atoms. The van der Waals surface area contributed by atoms with Crippen molar-refractivity contribution in [3.63, 3.8) is 0 Å². The second kappa shape index (κ2) is 10.3. The van der Waals surface area contributed by atoms with E-state index in [2.05, 4.69) is 4.74 Å². The molecule has 166 valence electrons. The summed E-state index contributed by atoms with van der Waals surface area (Å²) >= 11 is -1.36. The van der Waals surface area contributed by atoms with Crippen molar-refractivity contribution in [2.45, 2.75) is 43.2 Å². The van der Waals surface area contributed by atoms with Gasteiger partial charge in [0.1, 0.15) is 24.6 Å². The predicted octanol–water partition coefficient (Wildman–Crippen LogP) is 2.89. The molecule has 1 fully saturated rings. The molecule has 0 aromatic heterocycles. The van der Waals surface area contributed by atoms with Gasteiger partial charge in [-0.2, -0.15) is 0 Å². The van der Waals surface area contributed by atoms with Gasteiger partial charge in [-0.05, 0) is 54.9 Å². The molecule has 7 nitrogen and oxygen atoms in total. The molecule has 3 atom stereocenters. The van der Waals surface area contributed by atoms with Gasteiger partial charge in [0.15, 0.2) is 10.7 Å². The van der Waals surface area contributed by atoms with Gasteiger partial charge in [0, 0.05) is 0 Å². The first-order valence-electron chi connectivity index (χ1n) is 9.89. The van der Waals surface area contributed by atoms with Crippen LogP contribution < -0.4 is 0 Å². The SMILES string of the molecule is COC(=O)Cc1ccc([S+]([O-])CC2OC(C)(C)OC2COC(=O)c2ccccc2)cc1. The maximum absolute atomic E-state index is 12.9. The molecule has 1 aliphatic heterocycles. The first kappa shape index (κ1) is 23.3. The van der Waals surface area contributed by atoms with Crippen molar-refractivity contribution in [2.75, 3.05) is 19.5 Å². The average Bonchev–Trinajstić information content (AvgIpc) is 3.05. The third-order valence-electron chi connectivity index (χ3n) is 4.75. The van der Waals surface area contributed by atoms with E-state index < -0.39 is 35.1 Å². The molecule has 1 aliphatic rings. The summed E-state index contributed by atoms with van der Waals surface area (Å²) in [7, 11) is 1.34. The normalized spacial score (nSPS) is 20.8. The Morgan fingerprint density at radius 1 is 1.03 bits per heavy atom. The lowest BCUT2D eigenvalue weighted by molar-refractivity contribution is -0.148. The molecule has 0 aliphatic carbocycles. The van der Waals surface area contributed by atoms with Gasteiger partial charge in [-0.25, -0.2) is 4.79 Å². The van der Waals surface area contributed by atoms with E-state index in [0.29, 0.717) is 10.5 Å². The Balaban J connectivity index is 1.60. The van der Waals surface area contributed by atoms with Crippen molar-refractivity contribution in [1.82, 2.24) is 0 Å². The van der Waals surface area contributed by atoms with Crippen molar-refractivity contribution in [3.8, 4) is 0 Å². The predicted molar refractivity (Wildman–Crippen MR) is 114 cm³/mol. The molecule has 0 amide bonds. The summed E-state index contributed by atoms with van der Waals surface area (Å²) < 4.78 is 34.7. The van der Waals surface area contributed by atoms with E-state index in [1.165, 1.54) is 7.11 Å². The summed E-state index contributed by atoms with van der Waals surface area (Å²) in [4.78, 5) is 24.2. The number of ether oxygens (including phenoxy) is 4. The largest absolute Gasteiger partial charge is 0.611 e. The Hall–Kier alpha value is -2.39. The average molecular weight is 447 g/mol. The number of rotatable bonds is 8. The van der Waals surface area contributed by atoms with Crippen LogP contribution in [0, 0.1) is 0 Å². The minimum Gasteiger partial charge on any atom is -0.611 e. The Labute approximate surface area is 184 Å². The number of carbonyl (C=O) groups excluding carboxylic acids is 2. The fourth-order valence-electron chi connectivity index (χ4n) is 3.25. The highest BCUT2D eigenvalue weighted by molar-refractivity contribution is 7.91. The molecule has 0 spiro atoms. The van der Waals surface area contributed by atoms with Crippen molar-refractivity contribution in [1.29, 1.82) is 0 Å².